The van der Waals surface area contributed by atoms with Crippen LogP contribution in [0.3, 0.4) is 0 Å². The van der Waals surface area contributed by atoms with Gasteiger partial charge in [0.1, 0.15) is 0 Å². The quantitative estimate of drug-likeness (QED) is 0.510. The standard InChI is InChI=1S/C6H15P.ClH/c1-6(2,3)4-5-7;/h4-5,7H2,1-3H3;1H. The van der Waals surface area contributed by atoms with Crippen molar-refractivity contribution in [1.29, 1.82) is 0 Å². The molecule has 0 radical (unpaired) electrons. The van der Waals surface area contributed by atoms with Gasteiger partial charge < -0.3 is 0 Å². The molecule has 0 aromatic carbocycles. The molecule has 1 atom stereocenters. The van der Waals surface area contributed by atoms with E-state index in [0.29, 0.717) is 5.41 Å². The zero-order valence-corrected chi connectivity index (χ0v) is 7.87. The fraction of sp³-hybridized carbons (Fsp3) is 1.00. The molecule has 0 bridgehead atoms. The molecule has 52 valence electrons. The predicted octanol–water partition coefficient (Wildman–Crippen LogP) is 2.72. The van der Waals surface area contributed by atoms with Crippen molar-refractivity contribution in [1.82, 2.24) is 0 Å². The number of halogens is 1. The minimum atomic E-state index is 0. The van der Waals surface area contributed by atoms with Gasteiger partial charge in [0.15, 0.2) is 0 Å². The fourth-order valence-electron chi connectivity index (χ4n) is 0.433. The predicted molar refractivity (Wildman–Crippen MR) is 45.9 cm³/mol. The Morgan fingerprint density at radius 3 is 1.62 bits per heavy atom. The average Bonchev–Trinajstić information content (AvgIpc) is 1.30. The Labute approximate surface area is 61.0 Å². The fourth-order valence-corrected chi connectivity index (χ4v) is 1.30. The highest BCUT2D eigenvalue weighted by Crippen LogP contribution is 2.18. The Morgan fingerprint density at radius 1 is 1.25 bits per heavy atom. The highest BCUT2D eigenvalue weighted by Gasteiger charge is 2.06. The molecule has 2 heteroatoms. The summed E-state index contributed by atoms with van der Waals surface area (Å²) >= 11 is 0. The molecular weight excluding hydrogens is 138 g/mol. The van der Waals surface area contributed by atoms with Crippen LogP contribution in [0.2, 0.25) is 0 Å². The molecule has 0 N–H and O–H groups in total. The molecule has 0 saturated heterocycles. The maximum Gasteiger partial charge on any atom is -0.0376 e. The van der Waals surface area contributed by atoms with Gasteiger partial charge in [-0.15, -0.1) is 21.6 Å². The van der Waals surface area contributed by atoms with Crippen LogP contribution >= 0.6 is 21.6 Å². The third-order valence-corrected chi connectivity index (χ3v) is 1.18. The van der Waals surface area contributed by atoms with Crippen molar-refractivity contribution in [2.75, 3.05) is 6.16 Å². The zero-order chi connectivity index (χ0) is 5.91. The first-order valence-corrected chi connectivity index (χ1v) is 3.58. The van der Waals surface area contributed by atoms with Crippen LogP contribution < -0.4 is 0 Å². The van der Waals surface area contributed by atoms with E-state index in [1.807, 2.05) is 0 Å². The maximum absolute atomic E-state index is 2.74. The molecule has 0 saturated carbocycles. The molecule has 8 heavy (non-hydrogen) atoms. The minimum absolute atomic E-state index is 0. The van der Waals surface area contributed by atoms with Gasteiger partial charge in [0, 0.05) is 0 Å². The van der Waals surface area contributed by atoms with Crippen LogP contribution in [0.1, 0.15) is 27.2 Å². The van der Waals surface area contributed by atoms with E-state index in [-0.39, 0.29) is 12.4 Å². The van der Waals surface area contributed by atoms with E-state index < -0.39 is 0 Å². The van der Waals surface area contributed by atoms with Crippen LogP contribution in [0.15, 0.2) is 0 Å². The summed E-state index contributed by atoms with van der Waals surface area (Å²) in [6.45, 7) is 6.78. The molecule has 1 unspecified atom stereocenters. The topological polar surface area (TPSA) is 0 Å². The molecular formula is C6H16ClP. The summed E-state index contributed by atoms with van der Waals surface area (Å²) in [6, 6.07) is 0. The van der Waals surface area contributed by atoms with Crippen molar-refractivity contribution in [3.63, 3.8) is 0 Å². The van der Waals surface area contributed by atoms with E-state index in [9.17, 15) is 0 Å². The monoisotopic (exact) mass is 154 g/mol. The SMILES string of the molecule is CC(C)(C)CCP.Cl. The molecule has 0 aliphatic rings. The zero-order valence-electron chi connectivity index (χ0n) is 5.90. The molecule has 0 aliphatic carbocycles. The molecule has 0 heterocycles. The lowest BCUT2D eigenvalue weighted by molar-refractivity contribution is 0.401. The van der Waals surface area contributed by atoms with Crippen LogP contribution in [-0.2, 0) is 0 Å². The maximum atomic E-state index is 2.74. The second-order valence-electron chi connectivity index (χ2n) is 3.10. The largest absolute Gasteiger partial charge is 0.147 e. The minimum Gasteiger partial charge on any atom is -0.147 e. The van der Waals surface area contributed by atoms with Gasteiger partial charge in [-0.25, -0.2) is 0 Å². The van der Waals surface area contributed by atoms with Crippen LogP contribution in [0, 0.1) is 5.41 Å². The normalized spacial score (nSPS) is 10.5. The van der Waals surface area contributed by atoms with Crippen LogP contribution in [-0.4, -0.2) is 6.16 Å². The summed E-state index contributed by atoms with van der Waals surface area (Å²) in [4.78, 5) is 0. The average molecular weight is 155 g/mol. The van der Waals surface area contributed by atoms with Crippen molar-refractivity contribution >= 4 is 21.6 Å². The number of rotatable bonds is 1. The Hall–Kier alpha value is 0.720. The van der Waals surface area contributed by atoms with Gasteiger partial charge in [0.2, 0.25) is 0 Å². The summed E-state index contributed by atoms with van der Waals surface area (Å²) in [5.74, 6) is 0. The van der Waals surface area contributed by atoms with Crippen molar-refractivity contribution in [2.24, 2.45) is 5.41 Å². The van der Waals surface area contributed by atoms with E-state index >= 15 is 0 Å². The lowest BCUT2D eigenvalue weighted by Gasteiger charge is -2.15. The molecule has 0 amide bonds. The first kappa shape index (κ1) is 11.5. The second-order valence-corrected chi connectivity index (χ2v) is 3.68. The Bertz CT molecular complexity index is 47.0. The Balaban J connectivity index is 0. The van der Waals surface area contributed by atoms with Crippen molar-refractivity contribution in [3.8, 4) is 0 Å². The Morgan fingerprint density at radius 2 is 1.62 bits per heavy atom. The van der Waals surface area contributed by atoms with Gasteiger partial charge in [-0.3, -0.25) is 0 Å². The van der Waals surface area contributed by atoms with E-state index in [4.69, 9.17) is 0 Å². The van der Waals surface area contributed by atoms with E-state index in [1.54, 1.807) is 0 Å². The van der Waals surface area contributed by atoms with Gasteiger partial charge in [-0.05, 0) is 18.0 Å². The molecule has 0 nitrogen and oxygen atoms in total. The van der Waals surface area contributed by atoms with Gasteiger partial charge in [0.25, 0.3) is 0 Å². The van der Waals surface area contributed by atoms with Gasteiger partial charge in [-0.2, -0.15) is 0 Å². The molecule has 0 rings (SSSR count). The van der Waals surface area contributed by atoms with E-state index in [0.717, 1.165) is 0 Å². The summed E-state index contributed by atoms with van der Waals surface area (Å²) in [5.41, 5.74) is 0.530. The summed E-state index contributed by atoms with van der Waals surface area (Å²) < 4.78 is 0. The highest BCUT2D eigenvalue weighted by molar-refractivity contribution is 7.16. The summed E-state index contributed by atoms with van der Waals surface area (Å²) in [7, 11) is 2.74. The summed E-state index contributed by atoms with van der Waals surface area (Å²) in [5, 5.41) is 0. The van der Waals surface area contributed by atoms with E-state index in [2.05, 4.69) is 30.0 Å². The lowest BCUT2D eigenvalue weighted by atomic mass is 9.94. The lowest BCUT2D eigenvalue weighted by Crippen LogP contribution is -2.04. The van der Waals surface area contributed by atoms with Crippen molar-refractivity contribution in [3.05, 3.63) is 0 Å². The van der Waals surface area contributed by atoms with Gasteiger partial charge in [-0.1, -0.05) is 20.8 Å². The number of hydrogen-bond acceptors (Lipinski definition) is 0. The molecule has 0 aliphatic heterocycles. The third-order valence-electron chi connectivity index (χ3n) is 0.894. The smallest absolute Gasteiger partial charge is 0.0376 e. The van der Waals surface area contributed by atoms with Crippen molar-refractivity contribution < 1.29 is 0 Å². The van der Waals surface area contributed by atoms with Crippen LogP contribution in [0.5, 0.6) is 0 Å². The second kappa shape index (κ2) is 4.58. The molecule has 0 spiro atoms. The van der Waals surface area contributed by atoms with E-state index in [1.165, 1.54) is 12.6 Å². The first-order valence-electron chi connectivity index (χ1n) is 2.76. The van der Waals surface area contributed by atoms with Gasteiger partial charge >= 0.3 is 0 Å². The Kier molecular flexibility index (Phi) is 6.60. The van der Waals surface area contributed by atoms with Gasteiger partial charge in [0.05, 0.1) is 0 Å². The molecule has 0 aromatic heterocycles. The highest BCUT2D eigenvalue weighted by atomic mass is 35.5. The van der Waals surface area contributed by atoms with Crippen LogP contribution in [0.25, 0.3) is 0 Å². The molecule has 0 fully saturated rings. The third kappa shape index (κ3) is 9.87. The first-order chi connectivity index (χ1) is 3.06. The molecule has 0 aromatic rings. The summed E-state index contributed by atoms with van der Waals surface area (Å²) in [6.07, 6.45) is 2.53. The van der Waals surface area contributed by atoms with Crippen molar-refractivity contribution in [2.45, 2.75) is 27.2 Å². The number of hydrogen-bond donors (Lipinski definition) is 0. The van der Waals surface area contributed by atoms with Crippen LogP contribution in [0.4, 0.5) is 0 Å².